The molecule has 0 atom stereocenters. The Hall–Kier alpha value is -1.96. The maximum Gasteiger partial charge on any atom is 0.271 e. The van der Waals surface area contributed by atoms with Gasteiger partial charge >= 0.3 is 0 Å². The van der Waals surface area contributed by atoms with E-state index in [-0.39, 0.29) is 30.8 Å². The van der Waals surface area contributed by atoms with Crippen molar-refractivity contribution in [1.29, 1.82) is 0 Å². The minimum absolute atomic E-state index is 0. The molecule has 1 aromatic carbocycles. The molecular weight excluding hydrogens is 348 g/mol. The van der Waals surface area contributed by atoms with Crippen LogP contribution in [0.1, 0.15) is 28.0 Å². The van der Waals surface area contributed by atoms with Crippen molar-refractivity contribution in [3.63, 3.8) is 0 Å². The number of nitrogens with zero attached hydrogens (tertiary/aromatic N) is 1. The maximum absolute atomic E-state index is 11.9. The number of thiazole rings is 1. The quantitative estimate of drug-likeness (QED) is 0.696. The van der Waals surface area contributed by atoms with Crippen molar-refractivity contribution in [3.8, 4) is 0 Å². The van der Waals surface area contributed by atoms with Crippen LogP contribution in [0.5, 0.6) is 0 Å². The maximum atomic E-state index is 11.9. The Balaban J connectivity index is 0.00000288. The lowest BCUT2D eigenvalue weighted by Gasteiger charge is -2.07. The first kappa shape index (κ1) is 20.1. The van der Waals surface area contributed by atoms with Gasteiger partial charge in [0.1, 0.15) is 5.69 Å². The van der Waals surface area contributed by atoms with Crippen molar-refractivity contribution in [2.24, 2.45) is 5.73 Å². The summed E-state index contributed by atoms with van der Waals surface area (Å²) in [6.45, 7) is 2.45. The first-order valence-corrected chi connectivity index (χ1v) is 8.31. The van der Waals surface area contributed by atoms with Crippen LogP contribution in [-0.4, -0.2) is 29.9 Å². The number of amides is 2. The van der Waals surface area contributed by atoms with E-state index in [1.165, 1.54) is 11.3 Å². The van der Waals surface area contributed by atoms with Crippen molar-refractivity contribution >= 4 is 41.2 Å². The highest BCUT2D eigenvalue weighted by Gasteiger charge is 2.12. The van der Waals surface area contributed by atoms with Gasteiger partial charge in [0.2, 0.25) is 5.91 Å². The summed E-state index contributed by atoms with van der Waals surface area (Å²) < 4.78 is 0. The number of halogens is 1. The highest BCUT2D eigenvalue weighted by atomic mass is 35.5. The van der Waals surface area contributed by atoms with Gasteiger partial charge in [0, 0.05) is 17.5 Å². The largest absolute Gasteiger partial charge is 0.342 e. The lowest BCUT2D eigenvalue weighted by molar-refractivity contribution is -0.115. The van der Waals surface area contributed by atoms with Crippen LogP contribution >= 0.6 is 23.7 Å². The zero-order valence-corrected chi connectivity index (χ0v) is 15.0. The van der Waals surface area contributed by atoms with E-state index < -0.39 is 0 Å². The highest BCUT2D eigenvalue weighted by Crippen LogP contribution is 2.11. The third kappa shape index (κ3) is 5.92. The standard InChI is InChI=1S/C16H20N4O2S.ClH/c1-2-11-4-3-5-12(8-11)19-14(21)9-18-16(22)13-10-23-15(20-13)6-7-17;/h3-5,8,10H,2,6-7,9,17H2,1H3,(H,18,22)(H,19,21);1H. The van der Waals surface area contributed by atoms with Crippen molar-refractivity contribution in [2.45, 2.75) is 19.8 Å². The minimum atomic E-state index is -0.359. The van der Waals surface area contributed by atoms with Gasteiger partial charge in [-0.1, -0.05) is 19.1 Å². The summed E-state index contributed by atoms with van der Waals surface area (Å²) in [7, 11) is 0. The number of hydrogen-bond donors (Lipinski definition) is 3. The molecule has 8 heteroatoms. The molecule has 0 spiro atoms. The number of rotatable bonds is 7. The molecule has 6 nitrogen and oxygen atoms in total. The van der Waals surface area contributed by atoms with Crippen molar-refractivity contribution in [1.82, 2.24) is 10.3 Å². The normalized spacial score (nSPS) is 9.92. The average molecular weight is 369 g/mol. The number of carbonyl (C=O) groups excluding carboxylic acids is 2. The number of hydrogen-bond acceptors (Lipinski definition) is 5. The van der Waals surface area contributed by atoms with Crippen LogP contribution in [0.3, 0.4) is 0 Å². The number of benzene rings is 1. The predicted octanol–water partition coefficient (Wildman–Crippen LogP) is 2.00. The van der Waals surface area contributed by atoms with Crippen molar-refractivity contribution in [2.75, 3.05) is 18.4 Å². The first-order valence-electron chi connectivity index (χ1n) is 7.43. The van der Waals surface area contributed by atoms with Crippen molar-refractivity contribution < 1.29 is 9.59 Å². The summed E-state index contributed by atoms with van der Waals surface area (Å²) in [5.74, 6) is -0.633. The Kier molecular flexibility index (Phi) is 8.39. The number of nitrogens with two attached hydrogens (primary N) is 1. The first-order chi connectivity index (χ1) is 11.1. The zero-order valence-electron chi connectivity index (χ0n) is 13.4. The Morgan fingerprint density at radius 1 is 1.33 bits per heavy atom. The van der Waals surface area contributed by atoms with Crippen LogP contribution in [0.4, 0.5) is 5.69 Å². The van der Waals surface area contributed by atoms with Gasteiger partial charge in [-0.3, -0.25) is 9.59 Å². The van der Waals surface area contributed by atoms with Gasteiger partial charge in [-0.05, 0) is 30.7 Å². The SMILES string of the molecule is CCc1cccc(NC(=O)CNC(=O)c2csc(CCN)n2)c1.Cl. The third-order valence-corrected chi connectivity index (χ3v) is 4.08. The summed E-state index contributed by atoms with van der Waals surface area (Å²) >= 11 is 1.39. The smallest absolute Gasteiger partial charge is 0.271 e. The molecular formula is C16H21ClN4O2S. The number of anilines is 1. The van der Waals surface area contributed by atoms with Crippen molar-refractivity contribution in [3.05, 3.63) is 45.9 Å². The number of carbonyl (C=O) groups is 2. The molecule has 0 saturated carbocycles. The predicted molar refractivity (Wildman–Crippen MR) is 98.9 cm³/mol. The molecule has 0 unspecified atom stereocenters. The lowest BCUT2D eigenvalue weighted by atomic mass is 10.1. The second kappa shape index (κ2) is 10.0. The molecule has 2 rings (SSSR count). The molecule has 2 aromatic rings. The van der Waals surface area contributed by atoms with Gasteiger partial charge in [-0.25, -0.2) is 4.98 Å². The Labute approximate surface area is 151 Å². The summed E-state index contributed by atoms with van der Waals surface area (Å²) in [4.78, 5) is 28.0. The van der Waals surface area contributed by atoms with Gasteiger partial charge in [-0.2, -0.15) is 0 Å². The van der Waals surface area contributed by atoms with E-state index in [9.17, 15) is 9.59 Å². The summed E-state index contributed by atoms with van der Waals surface area (Å²) in [5.41, 5.74) is 7.64. The fraction of sp³-hybridized carbons (Fsp3) is 0.312. The fourth-order valence-electron chi connectivity index (χ4n) is 1.98. The van der Waals surface area contributed by atoms with E-state index in [0.29, 0.717) is 18.7 Å². The number of aryl methyl sites for hydroxylation is 1. The van der Waals surface area contributed by atoms with Crippen LogP contribution in [-0.2, 0) is 17.6 Å². The van der Waals surface area contributed by atoms with E-state index in [0.717, 1.165) is 22.7 Å². The molecule has 2 amide bonds. The molecule has 130 valence electrons. The molecule has 4 N–H and O–H groups in total. The topological polar surface area (TPSA) is 97.1 Å². The van der Waals surface area contributed by atoms with E-state index in [1.54, 1.807) is 5.38 Å². The molecule has 0 aliphatic heterocycles. The third-order valence-electron chi connectivity index (χ3n) is 3.17. The van der Waals surface area contributed by atoms with Crippen LogP contribution in [0.25, 0.3) is 0 Å². The molecule has 0 bridgehead atoms. The average Bonchev–Trinajstić information content (AvgIpc) is 3.02. The van der Waals surface area contributed by atoms with Gasteiger partial charge in [0.05, 0.1) is 11.6 Å². The molecule has 0 aliphatic carbocycles. The number of aromatic nitrogens is 1. The van der Waals surface area contributed by atoms with Gasteiger partial charge in [0.25, 0.3) is 5.91 Å². The van der Waals surface area contributed by atoms with Crippen LogP contribution in [0.2, 0.25) is 0 Å². The molecule has 0 aliphatic rings. The molecule has 0 radical (unpaired) electrons. The van der Waals surface area contributed by atoms with Gasteiger partial charge in [-0.15, -0.1) is 23.7 Å². The van der Waals surface area contributed by atoms with Gasteiger partial charge < -0.3 is 16.4 Å². The van der Waals surface area contributed by atoms with Crippen LogP contribution in [0.15, 0.2) is 29.6 Å². The monoisotopic (exact) mass is 368 g/mol. The molecule has 1 heterocycles. The van der Waals surface area contributed by atoms with Crippen LogP contribution < -0.4 is 16.4 Å². The Morgan fingerprint density at radius 2 is 2.12 bits per heavy atom. The van der Waals surface area contributed by atoms with Crippen LogP contribution in [0, 0.1) is 0 Å². The second-order valence-electron chi connectivity index (χ2n) is 4.95. The lowest BCUT2D eigenvalue weighted by Crippen LogP contribution is -2.33. The fourth-order valence-corrected chi connectivity index (χ4v) is 2.77. The molecule has 0 saturated heterocycles. The molecule has 24 heavy (non-hydrogen) atoms. The number of nitrogens with one attached hydrogen (secondary N) is 2. The second-order valence-corrected chi connectivity index (χ2v) is 5.89. The summed E-state index contributed by atoms with van der Waals surface area (Å²) in [6.07, 6.45) is 1.54. The molecule has 0 fully saturated rings. The Bertz CT molecular complexity index is 690. The minimum Gasteiger partial charge on any atom is -0.342 e. The van der Waals surface area contributed by atoms with E-state index >= 15 is 0 Å². The van der Waals surface area contributed by atoms with E-state index in [4.69, 9.17) is 5.73 Å². The van der Waals surface area contributed by atoms with E-state index in [2.05, 4.69) is 15.6 Å². The zero-order chi connectivity index (χ0) is 16.7. The highest BCUT2D eigenvalue weighted by molar-refractivity contribution is 7.09. The Morgan fingerprint density at radius 3 is 2.83 bits per heavy atom. The summed E-state index contributed by atoms with van der Waals surface area (Å²) in [5, 5.41) is 7.81. The van der Waals surface area contributed by atoms with Gasteiger partial charge in [0.15, 0.2) is 0 Å². The van der Waals surface area contributed by atoms with E-state index in [1.807, 2.05) is 31.2 Å². The summed E-state index contributed by atoms with van der Waals surface area (Å²) in [6, 6.07) is 7.62. The molecule has 1 aromatic heterocycles.